The molecular weight excluding hydrogens is 403 g/mol. The third-order valence-corrected chi connectivity index (χ3v) is 4.75. The van der Waals surface area contributed by atoms with E-state index in [2.05, 4.69) is 29.3 Å². The molecular formula is C20H30F3N3O4. The van der Waals surface area contributed by atoms with Crippen LogP contribution in [0.1, 0.15) is 30.9 Å². The Bertz CT molecular complexity index is 698. The van der Waals surface area contributed by atoms with Crippen LogP contribution in [0.25, 0.3) is 0 Å². The third-order valence-electron chi connectivity index (χ3n) is 4.75. The van der Waals surface area contributed by atoms with Crippen molar-refractivity contribution in [2.75, 3.05) is 33.3 Å². The molecule has 0 saturated carbocycles. The first-order valence-corrected chi connectivity index (χ1v) is 9.78. The first kappa shape index (κ1) is 25.7. The van der Waals surface area contributed by atoms with Gasteiger partial charge in [-0.25, -0.2) is 4.79 Å². The number of carboxylic acid groups (broad SMARTS) is 1. The lowest BCUT2D eigenvalue weighted by atomic mass is 9.96. The highest BCUT2D eigenvalue weighted by molar-refractivity contribution is 5.79. The Balaban J connectivity index is 0.000000553. The summed E-state index contributed by atoms with van der Waals surface area (Å²) in [4.78, 5) is 23.4. The Kier molecular flexibility index (Phi) is 10.6. The number of likely N-dealkylation sites (tertiary alicyclic amines) is 1. The molecule has 170 valence electrons. The van der Waals surface area contributed by atoms with Gasteiger partial charge in [-0.05, 0) is 49.1 Å². The average molecular weight is 433 g/mol. The Hall–Kier alpha value is -2.33. The van der Waals surface area contributed by atoms with Gasteiger partial charge in [0.15, 0.2) is 0 Å². The maximum Gasteiger partial charge on any atom is 0.490 e. The first-order chi connectivity index (χ1) is 14.1. The van der Waals surface area contributed by atoms with Crippen molar-refractivity contribution in [3.05, 3.63) is 29.3 Å². The van der Waals surface area contributed by atoms with Crippen molar-refractivity contribution >= 4 is 11.9 Å². The maximum atomic E-state index is 12.2. The van der Waals surface area contributed by atoms with Crippen LogP contribution < -0.4 is 15.8 Å². The average Bonchev–Trinajstić information content (AvgIpc) is 2.72. The summed E-state index contributed by atoms with van der Waals surface area (Å²) >= 11 is 0. The second-order valence-corrected chi connectivity index (χ2v) is 6.95. The van der Waals surface area contributed by atoms with Gasteiger partial charge in [-0.3, -0.25) is 9.69 Å². The molecule has 1 heterocycles. The highest BCUT2D eigenvalue weighted by Gasteiger charge is 2.38. The number of methoxy groups -OCH3 is 1. The van der Waals surface area contributed by atoms with E-state index in [1.54, 1.807) is 7.11 Å². The van der Waals surface area contributed by atoms with Crippen LogP contribution in [0.5, 0.6) is 5.75 Å². The van der Waals surface area contributed by atoms with E-state index in [-0.39, 0.29) is 11.8 Å². The number of alkyl halides is 3. The van der Waals surface area contributed by atoms with E-state index < -0.39 is 12.1 Å². The van der Waals surface area contributed by atoms with Crippen LogP contribution >= 0.6 is 0 Å². The minimum atomic E-state index is -5.08. The topological polar surface area (TPSA) is 105 Å². The van der Waals surface area contributed by atoms with Gasteiger partial charge in [0.1, 0.15) is 5.75 Å². The van der Waals surface area contributed by atoms with Crippen LogP contribution in [0.2, 0.25) is 0 Å². The fourth-order valence-corrected chi connectivity index (χ4v) is 3.21. The number of carbonyl (C=O) groups is 2. The molecule has 0 spiro atoms. The molecule has 1 saturated heterocycles. The Labute approximate surface area is 174 Å². The molecule has 7 nitrogen and oxygen atoms in total. The number of piperidine rings is 1. The molecule has 2 rings (SSSR count). The van der Waals surface area contributed by atoms with Crippen molar-refractivity contribution in [2.45, 2.75) is 38.9 Å². The molecule has 4 N–H and O–H groups in total. The number of aliphatic carboxylic acids is 1. The molecule has 1 aliphatic rings. The minimum absolute atomic E-state index is 0.0821. The summed E-state index contributed by atoms with van der Waals surface area (Å²) in [5, 5.41) is 10.0. The smallest absolute Gasteiger partial charge is 0.490 e. The molecule has 1 fully saturated rings. The number of ether oxygens (including phenoxy) is 1. The molecule has 1 atom stereocenters. The number of hydrogen-bond donors (Lipinski definition) is 3. The number of amides is 1. The molecule has 1 unspecified atom stereocenters. The lowest BCUT2D eigenvalue weighted by Crippen LogP contribution is -2.43. The quantitative estimate of drug-likeness (QED) is 0.609. The monoisotopic (exact) mass is 433 g/mol. The van der Waals surface area contributed by atoms with E-state index >= 15 is 0 Å². The summed E-state index contributed by atoms with van der Waals surface area (Å²) in [7, 11) is 1.70. The van der Waals surface area contributed by atoms with Gasteiger partial charge in [-0.2, -0.15) is 13.2 Å². The molecule has 1 aromatic rings. The van der Waals surface area contributed by atoms with Gasteiger partial charge in [0.2, 0.25) is 5.91 Å². The minimum Gasteiger partial charge on any atom is -0.497 e. The number of carbonyl (C=O) groups excluding carboxylic acids is 1. The molecule has 1 amide bonds. The predicted molar refractivity (Wildman–Crippen MR) is 106 cm³/mol. The lowest BCUT2D eigenvalue weighted by Gasteiger charge is -2.32. The summed E-state index contributed by atoms with van der Waals surface area (Å²) in [5.74, 6) is -1.62. The van der Waals surface area contributed by atoms with Crippen LogP contribution in [-0.4, -0.2) is 61.3 Å². The summed E-state index contributed by atoms with van der Waals surface area (Å²) in [6, 6.07) is 6.28. The second kappa shape index (κ2) is 12.4. The van der Waals surface area contributed by atoms with Gasteiger partial charge in [0, 0.05) is 26.2 Å². The summed E-state index contributed by atoms with van der Waals surface area (Å²) < 4.78 is 37.0. The highest BCUT2D eigenvalue weighted by atomic mass is 19.4. The first-order valence-electron chi connectivity index (χ1n) is 9.78. The Morgan fingerprint density at radius 2 is 2.00 bits per heavy atom. The molecule has 0 aliphatic carbocycles. The fourth-order valence-electron chi connectivity index (χ4n) is 3.21. The van der Waals surface area contributed by atoms with Crippen molar-refractivity contribution in [1.82, 2.24) is 10.2 Å². The molecule has 30 heavy (non-hydrogen) atoms. The number of aryl methyl sites for hydroxylation is 1. The number of halogens is 3. The summed E-state index contributed by atoms with van der Waals surface area (Å²) in [6.07, 6.45) is -2.06. The number of rotatable bonds is 7. The SMILES string of the molecule is CCc1cc(OC)ccc1CN1CCCC(C(=O)NCCN)C1.O=C(O)C(F)(F)F. The van der Waals surface area contributed by atoms with Crippen molar-refractivity contribution in [3.8, 4) is 5.75 Å². The highest BCUT2D eigenvalue weighted by Crippen LogP contribution is 2.23. The zero-order chi connectivity index (χ0) is 22.7. The summed E-state index contributed by atoms with van der Waals surface area (Å²) in [6.45, 7) is 5.99. The lowest BCUT2D eigenvalue weighted by molar-refractivity contribution is -0.192. The number of carboxylic acids is 1. The van der Waals surface area contributed by atoms with Crippen LogP contribution in [0.3, 0.4) is 0 Å². The number of benzene rings is 1. The molecule has 1 aliphatic heterocycles. The van der Waals surface area contributed by atoms with E-state index in [4.69, 9.17) is 20.4 Å². The Morgan fingerprint density at radius 3 is 2.53 bits per heavy atom. The van der Waals surface area contributed by atoms with Crippen LogP contribution in [-0.2, 0) is 22.6 Å². The number of nitrogens with two attached hydrogens (primary N) is 1. The summed E-state index contributed by atoms with van der Waals surface area (Å²) in [5.41, 5.74) is 8.10. The van der Waals surface area contributed by atoms with Crippen LogP contribution in [0.15, 0.2) is 18.2 Å². The van der Waals surface area contributed by atoms with Gasteiger partial charge in [-0.1, -0.05) is 13.0 Å². The van der Waals surface area contributed by atoms with Gasteiger partial charge in [0.25, 0.3) is 0 Å². The van der Waals surface area contributed by atoms with Crippen LogP contribution in [0, 0.1) is 5.92 Å². The second-order valence-electron chi connectivity index (χ2n) is 6.95. The molecule has 0 bridgehead atoms. The molecule has 0 radical (unpaired) electrons. The largest absolute Gasteiger partial charge is 0.497 e. The van der Waals surface area contributed by atoms with Gasteiger partial charge >= 0.3 is 12.1 Å². The number of hydrogen-bond acceptors (Lipinski definition) is 5. The normalized spacial score (nSPS) is 16.9. The van der Waals surface area contributed by atoms with Crippen molar-refractivity contribution in [1.29, 1.82) is 0 Å². The van der Waals surface area contributed by atoms with E-state index in [9.17, 15) is 18.0 Å². The van der Waals surface area contributed by atoms with Gasteiger partial charge in [0.05, 0.1) is 13.0 Å². The van der Waals surface area contributed by atoms with Crippen molar-refractivity contribution in [2.24, 2.45) is 11.7 Å². The van der Waals surface area contributed by atoms with Gasteiger partial charge < -0.3 is 20.9 Å². The zero-order valence-corrected chi connectivity index (χ0v) is 17.3. The maximum absolute atomic E-state index is 12.2. The van der Waals surface area contributed by atoms with Gasteiger partial charge in [-0.15, -0.1) is 0 Å². The van der Waals surface area contributed by atoms with E-state index in [0.717, 1.165) is 44.6 Å². The van der Waals surface area contributed by atoms with E-state index in [1.165, 1.54) is 11.1 Å². The Morgan fingerprint density at radius 1 is 1.33 bits per heavy atom. The third kappa shape index (κ3) is 8.58. The number of nitrogens with zero attached hydrogens (tertiary/aromatic N) is 1. The fraction of sp³-hybridized carbons (Fsp3) is 0.600. The standard InChI is InChI=1S/C18H29N3O2.C2HF3O2/c1-3-14-11-17(23-2)7-6-15(14)12-21-10-4-5-16(13-21)18(22)20-9-8-19;3-2(4,5)1(6)7/h6-7,11,16H,3-5,8-10,12-13,19H2,1-2H3,(H,20,22);(H,6,7). The molecule has 0 aromatic heterocycles. The van der Waals surface area contributed by atoms with Crippen molar-refractivity contribution < 1.29 is 32.6 Å². The van der Waals surface area contributed by atoms with Crippen LogP contribution in [0.4, 0.5) is 13.2 Å². The number of nitrogens with one attached hydrogen (secondary N) is 1. The van der Waals surface area contributed by atoms with Crippen molar-refractivity contribution in [3.63, 3.8) is 0 Å². The molecule has 1 aromatic carbocycles. The van der Waals surface area contributed by atoms with E-state index in [0.29, 0.717) is 13.1 Å². The van der Waals surface area contributed by atoms with E-state index in [1.807, 2.05) is 6.07 Å². The molecule has 10 heteroatoms. The predicted octanol–water partition coefficient (Wildman–Crippen LogP) is 2.18. The zero-order valence-electron chi connectivity index (χ0n) is 17.3.